The van der Waals surface area contributed by atoms with Gasteiger partial charge >= 0.3 is 0 Å². The Labute approximate surface area is 206 Å². The summed E-state index contributed by atoms with van der Waals surface area (Å²) in [6.07, 6.45) is 2.81. The number of carbonyl (C=O) groups excluding carboxylic acids is 1. The number of rotatable bonds is 6. The number of piperidine rings is 1. The number of piperazine rings is 1. The normalized spacial score (nSPS) is 19.1. The number of hydrogen-bond acceptors (Lipinski definition) is 7. The Morgan fingerprint density at radius 3 is 2.60 bits per heavy atom. The number of aromatic amines is 1. The molecule has 2 aromatic heterocycles. The number of hydrogen-bond donors (Lipinski definition) is 2. The second kappa shape index (κ2) is 10.4. The number of aryl methyl sites for hydroxylation is 1. The first-order valence-corrected chi connectivity index (χ1v) is 12.5. The van der Waals surface area contributed by atoms with Gasteiger partial charge in [-0.3, -0.25) is 9.89 Å². The number of benzene rings is 1. The summed E-state index contributed by atoms with van der Waals surface area (Å²) in [4.78, 5) is 29.5. The molecule has 1 amide bonds. The maximum atomic E-state index is 13.0. The molecule has 1 aromatic carbocycles. The molecule has 2 fully saturated rings. The largest absolute Gasteiger partial charge is 0.354 e. The van der Waals surface area contributed by atoms with Crippen LogP contribution in [0.4, 0.5) is 17.5 Å². The van der Waals surface area contributed by atoms with Crippen LogP contribution in [-0.2, 0) is 6.42 Å². The molecule has 9 heteroatoms. The standard InChI is InChI=1S/C26H34N8O/c1-19-15-24(31-30-19)28-23-17-25(33-13-11-32(2)12-14-33)29-22(27-23)16-20-7-6-10-34(18-20)26(35)21-8-4-3-5-9-21/h3-5,8-9,15,17,20H,6-7,10-14,16,18H2,1-2H3,(H2,27,28,29,30,31)/t20-/m1/s1. The minimum atomic E-state index is 0.110. The lowest BCUT2D eigenvalue weighted by Crippen LogP contribution is -2.45. The van der Waals surface area contributed by atoms with Crippen molar-refractivity contribution < 1.29 is 4.79 Å². The summed E-state index contributed by atoms with van der Waals surface area (Å²) in [5, 5.41) is 10.6. The number of amides is 1. The lowest BCUT2D eigenvalue weighted by atomic mass is 9.94. The highest BCUT2D eigenvalue weighted by Crippen LogP contribution is 2.25. The monoisotopic (exact) mass is 474 g/mol. The molecule has 5 rings (SSSR count). The fraction of sp³-hybridized carbons (Fsp3) is 0.462. The third-order valence-electron chi connectivity index (χ3n) is 6.85. The summed E-state index contributed by atoms with van der Waals surface area (Å²) in [6, 6.07) is 13.5. The van der Waals surface area contributed by atoms with Crippen molar-refractivity contribution in [2.75, 3.05) is 56.5 Å². The quantitative estimate of drug-likeness (QED) is 0.567. The summed E-state index contributed by atoms with van der Waals surface area (Å²) in [6.45, 7) is 7.42. The Kier molecular flexibility index (Phi) is 6.94. The van der Waals surface area contributed by atoms with Crippen molar-refractivity contribution >= 4 is 23.4 Å². The summed E-state index contributed by atoms with van der Waals surface area (Å²) in [7, 11) is 2.15. The first-order valence-electron chi connectivity index (χ1n) is 12.5. The number of nitrogens with zero attached hydrogens (tertiary/aromatic N) is 6. The van der Waals surface area contributed by atoms with Crippen LogP contribution < -0.4 is 10.2 Å². The first-order chi connectivity index (χ1) is 17.0. The zero-order chi connectivity index (χ0) is 24.2. The van der Waals surface area contributed by atoms with Gasteiger partial charge in [0.1, 0.15) is 17.5 Å². The van der Waals surface area contributed by atoms with Crippen LogP contribution in [0.2, 0.25) is 0 Å². The fourth-order valence-electron chi connectivity index (χ4n) is 4.89. The smallest absolute Gasteiger partial charge is 0.253 e. The van der Waals surface area contributed by atoms with Crippen molar-refractivity contribution in [3.8, 4) is 0 Å². The molecule has 2 aliphatic heterocycles. The Morgan fingerprint density at radius 1 is 1.06 bits per heavy atom. The van der Waals surface area contributed by atoms with Crippen LogP contribution in [0.25, 0.3) is 0 Å². The number of carbonyl (C=O) groups is 1. The van der Waals surface area contributed by atoms with Gasteiger partial charge in [-0.15, -0.1) is 0 Å². The second-order valence-corrected chi connectivity index (χ2v) is 9.71. The van der Waals surface area contributed by atoms with E-state index < -0.39 is 0 Å². The lowest BCUT2D eigenvalue weighted by molar-refractivity contribution is 0.0672. The minimum absolute atomic E-state index is 0.110. The van der Waals surface area contributed by atoms with Crippen LogP contribution in [0.3, 0.4) is 0 Å². The Bertz CT molecular complexity index is 1140. The van der Waals surface area contributed by atoms with Gasteiger partial charge in [0.05, 0.1) is 0 Å². The zero-order valence-corrected chi connectivity index (χ0v) is 20.6. The van der Waals surface area contributed by atoms with Gasteiger partial charge in [0.15, 0.2) is 5.82 Å². The number of aromatic nitrogens is 4. The molecule has 0 radical (unpaired) electrons. The predicted molar refractivity (Wildman–Crippen MR) is 137 cm³/mol. The molecule has 0 unspecified atom stereocenters. The van der Waals surface area contributed by atoms with Crippen molar-refractivity contribution in [3.63, 3.8) is 0 Å². The van der Waals surface area contributed by atoms with E-state index >= 15 is 0 Å². The summed E-state index contributed by atoms with van der Waals surface area (Å²) < 4.78 is 0. The molecule has 4 heterocycles. The van der Waals surface area contributed by atoms with Crippen LogP contribution in [0, 0.1) is 12.8 Å². The minimum Gasteiger partial charge on any atom is -0.354 e. The Hall–Kier alpha value is -3.46. The van der Waals surface area contributed by atoms with E-state index in [-0.39, 0.29) is 5.91 Å². The van der Waals surface area contributed by atoms with E-state index in [1.165, 1.54) is 0 Å². The van der Waals surface area contributed by atoms with E-state index in [0.29, 0.717) is 5.92 Å². The van der Waals surface area contributed by atoms with E-state index in [4.69, 9.17) is 9.97 Å². The predicted octanol–water partition coefficient (Wildman–Crippen LogP) is 3.10. The molecule has 0 saturated carbocycles. The van der Waals surface area contributed by atoms with Crippen molar-refractivity contribution in [2.45, 2.75) is 26.2 Å². The average Bonchev–Trinajstić information content (AvgIpc) is 3.29. The Morgan fingerprint density at radius 2 is 1.86 bits per heavy atom. The van der Waals surface area contributed by atoms with E-state index in [1.807, 2.05) is 54.3 Å². The van der Waals surface area contributed by atoms with Crippen molar-refractivity contribution in [3.05, 3.63) is 59.5 Å². The van der Waals surface area contributed by atoms with Gasteiger partial charge in [-0.1, -0.05) is 18.2 Å². The summed E-state index contributed by atoms with van der Waals surface area (Å²) in [5.74, 6) is 3.71. The molecular formula is C26H34N8O. The zero-order valence-electron chi connectivity index (χ0n) is 20.6. The van der Waals surface area contributed by atoms with E-state index in [9.17, 15) is 4.79 Å². The van der Waals surface area contributed by atoms with Crippen LogP contribution in [0.1, 0.15) is 34.7 Å². The summed E-state index contributed by atoms with van der Waals surface area (Å²) >= 11 is 0. The number of likely N-dealkylation sites (N-methyl/N-ethyl adjacent to an activating group) is 1. The Balaban J connectivity index is 1.34. The van der Waals surface area contributed by atoms with E-state index in [2.05, 4.69) is 32.4 Å². The first kappa shape index (κ1) is 23.3. The third kappa shape index (κ3) is 5.79. The fourth-order valence-corrected chi connectivity index (χ4v) is 4.89. The molecule has 9 nitrogen and oxygen atoms in total. The third-order valence-corrected chi connectivity index (χ3v) is 6.85. The van der Waals surface area contributed by atoms with Crippen molar-refractivity contribution in [2.24, 2.45) is 5.92 Å². The second-order valence-electron chi connectivity index (χ2n) is 9.71. The van der Waals surface area contributed by atoms with Gasteiger partial charge in [-0.2, -0.15) is 5.10 Å². The van der Waals surface area contributed by atoms with Crippen LogP contribution >= 0.6 is 0 Å². The molecule has 1 atom stereocenters. The van der Waals surface area contributed by atoms with Gasteiger partial charge in [0, 0.05) is 69.1 Å². The molecule has 2 saturated heterocycles. The molecule has 35 heavy (non-hydrogen) atoms. The molecule has 2 aliphatic rings. The molecule has 0 bridgehead atoms. The average molecular weight is 475 g/mol. The summed E-state index contributed by atoms with van der Waals surface area (Å²) in [5.41, 5.74) is 1.74. The SMILES string of the molecule is Cc1cc(Nc2cc(N3CCN(C)CC3)nc(C[C@H]3CCCN(C(=O)c4ccccc4)C3)n2)n[nH]1. The van der Waals surface area contributed by atoms with E-state index in [0.717, 1.165) is 93.1 Å². The number of likely N-dealkylation sites (tertiary alicyclic amines) is 1. The highest BCUT2D eigenvalue weighted by Gasteiger charge is 2.26. The highest BCUT2D eigenvalue weighted by atomic mass is 16.2. The number of nitrogens with one attached hydrogen (secondary N) is 2. The van der Waals surface area contributed by atoms with Crippen molar-refractivity contribution in [1.82, 2.24) is 30.0 Å². The van der Waals surface area contributed by atoms with Gasteiger partial charge in [0.2, 0.25) is 0 Å². The van der Waals surface area contributed by atoms with Crippen LogP contribution in [0.15, 0.2) is 42.5 Å². The van der Waals surface area contributed by atoms with Gasteiger partial charge in [0.25, 0.3) is 5.91 Å². The van der Waals surface area contributed by atoms with E-state index in [1.54, 1.807) is 0 Å². The maximum Gasteiger partial charge on any atom is 0.253 e. The topological polar surface area (TPSA) is 93.3 Å². The van der Waals surface area contributed by atoms with Crippen molar-refractivity contribution in [1.29, 1.82) is 0 Å². The molecule has 2 N–H and O–H groups in total. The number of anilines is 3. The maximum absolute atomic E-state index is 13.0. The van der Waals surface area contributed by atoms with Crippen LogP contribution in [0.5, 0.6) is 0 Å². The highest BCUT2D eigenvalue weighted by molar-refractivity contribution is 5.94. The molecule has 184 valence electrons. The molecule has 0 aliphatic carbocycles. The van der Waals surface area contributed by atoms with Crippen LogP contribution in [-0.4, -0.2) is 82.2 Å². The van der Waals surface area contributed by atoms with Gasteiger partial charge in [-0.05, 0) is 44.9 Å². The number of H-pyrrole nitrogens is 1. The van der Waals surface area contributed by atoms with Gasteiger partial charge in [-0.25, -0.2) is 9.97 Å². The van der Waals surface area contributed by atoms with Gasteiger partial charge < -0.3 is 20.0 Å². The molecule has 3 aromatic rings. The molecular weight excluding hydrogens is 440 g/mol. The molecule has 0 spiro atoms. The lowest BCUT2D eigenvalue weighted by Gasteiger charge is -2.34.